The highest BCUT2D eigenvalue weighted by molar-refractivity contribution is 5.28. The molecule has 1 aliphatic rings. The van der Waals surface area contributed by atoms with E-state index in [1.807, 2.05) is 13.0 Å². The molecule has 0 radical (unpaired) electrons. The molecule has 1 heterocycles. The van der Waals surface area contributed by atoms with Gasteiger partial charge in [0.1, 0.15) is 5.82 Å². The van der Waals surface area contributed by atoms with Crippen LogP contribution in [0.25, 0.3) is 0 Å². The van der Waals surface area contributed by atoms with Crippen LogP contribution in [0, 0.1) is 5.82 Å². The average molecular weight is 207 g/mol. The smallest absolute Gasteiger partial charge is 0.126 e. The summed E-state index contributed by atoms with van der Waals surface area (Å²) >= 11 is 0. The standard InChI is InChI=1S/C13H18FN/c1-2-12-11(6-5-7-13(12)14)10-15-8-3-4-9-15/h5-7H,2-4,8-10H2,1H3. The maximum Gasteiger partial charge on any atom is 0.126 e. The van der Waals surface area contributed by atoms with Crippen LogP contribution in [-0.2, 0) is 13.0 Å². The first-order valence-electron chi connectivity index (χ1n) is 5.80. The second kappa shape index (κ2) is 4.75. The molecule has 1 aliphatic heterocycles. The fourth-order valence-corrected chi connectivity index (χ4v) is 2.33. The Hall–Kier alpha value is -0.890. The summed E-state index contributed by atoms with van der Waals surface area (Å²) in [5, 5.41) is 0. The van der Waals surface area contributed by atoms with Gasteiger partial charge in [-0.25, -0.2) is 4.39 Å². The first kappa shape index (κ1) is 10.6. The Morgan fingerprint density at radius 2 is 2.00 bits per heavy atom. The number of halogens is 1. The van der Waals surface area contributed by atoms with Crippen LogP contribution in [0.1, 0.15) is 30.9 Å². The minimum atomic E-state index is -0.0470. The highest BCUT2D eigenvalue weighted by Gasteiger charge is 2.14. The molecular weight excluding hydrogens is 189 g/mol. The van der Waals surface area contributed by atoms with Crippen molar-refractivity contribution in [1.82, 2.24) is 4.90 Å². The van der Waals surface area contributed by atoms with Crippen molar-refractivity contribution in [3.05, 3.63) is 35.1 Å². The summed E-state index contributed by atoms with van der Waals surface area (Å²) in [4.78, 5) is 2.41. The molecule has 0 saturated carbocycles. The predicted octanol–water partition coefficient (Wildman–Crippen LogP) is 2.98. The Morgan fingerprint density at radius 1 is 1.27 bits per heavy atom. The molecule has 0 aliphatic carbocycles. The highest BCUT2D eigenvalue weighted by Crippen LogP contribution is 2.18. The topological polar surface area (TPSA) is 3.24 Å². The summed E-state index contributed by atoms with van der Waals surface area (Å²) < 4.78 is 13.5. The average Bonchev–Trinajstić information content (AvgIpc) is 2.71. The van der Waals surface area contributed by atoms with Gasteiger partial charge in [0, 0.05) is 6.54 Å². The molecular formula is C13H18FN. The van der Waals surface area contributed by atoms with Crippen molar-refractivity contribution in [1.29, 1.82) is 0 Å². The van der Waals surface area contributed by atoms with Crippen LogP contribution in [0.2, 0.25) is 0 Å². The molecule has 1 fully saturated rings. The lowest BCUT2D eigenvalue weighted by Gasteiger charge is -2.17. The number of rotatable bonds is 3. The van der Waals surface area contributed by atoms with Gasteiger partial charge in [0.2, 0.25) is 0 Å². The number of nitrogens with zero attached hydrogens (tertiary/aromatic N) is 1. The quantitative estimate of drug-likeness (QED) is 0.736. The van der Waals surface area contributed by atoms with Crippen LogP contribution >= 0.6 is 0 Å². The zero-order valence-corrected chi connectivity index (χ0v) is 9.30. The summed E-state index contributed by atoms with van der Waals surface area (Å²) in [5.41, 5.74) is 2.06. The zero-order valence-electron chi connectivity index (χ0n) is 9.30. The van der Waals surface area contributed by atoms with Gasteiger partial charge in [0.25, 0.3) is 0 Å². The van der Waals surface area contributed by atoms with E-state index >= 15 is 0 Å². The normalized spacial score (nSPS) is 17.2. The molecule has 2 rings (SSSR count). The Bertz CT molecular complexity index is 329. The second-order valence-electron chi connectivity index (χ2n) is 4.21. The van der Waals surface area contributed by atoms with Gasteiger partial charge in [-0.1, -0.05) is 19.1 Å². The Balaban J connectivity index is 2.15. The number of hydrogen-bond acceptors (Lipinski definition) is 1. The SMILES string of the molecule is CCc1c(F)cccc1CN1CCCC1. The summed E-state index contributed by atoms with van der Waals surface area (Å²) in [6.45, 7) is 5.27. The largest absolute Gasteiger partial charge is 0.299 e. The van der Waals surface area contributed by atoms with Gasteiger partial charge in [-0.3, -0.25) is 4.90 Å². The van der Waals surface area contributed by atoms with Crippen LogP contribution in [0.4, 0.5) is 4.39 Å². The molecule has 0 amide bonds. The molecule has 0 atom stereocenters. The highest BCUT2D eigenvalue weighted by atomic mass is 19.1. The number of hydrogen-bond donors (Lipinski definition) is 0. The van der Waals surface area contributed by atoms with E-state index in [1.54, 1.807) is 6.07 Å². The minimum Gasteiger partial charge on any atom is -0.299 e. The lowest BCUT2D eigenvalue weighted by molar-refractivity contribution is 0.329. The Labute approximate surface area is 90.9 Å². The first-order chi connectivity index (χ1) is 7.31. The summed E-state index contributed by atoms with van der Waals surface area (Å²) in [6, 6.07) is 5.44. The van der Waals surface area contributed by atoms with Crippen molar-refractivity contribution < 1.29 is 4.39 Å². The van der Waals surface area contributed by atoms with Gasteiger partial charge in [0.05, 0.1) is 0 Å². The fourth-order valence-electron chi connectivity index (χ4n) is 2.33. The summed E-state index contributed by atoms with van der Waals surface area (Å²) in [6.07, 6.45) is 3.36. The first-order valence-corrected chi connectivity index (χ1v) is 5.80. The molecule has 15 heavy (non-hydrogen) atoms. The molecule has 1 nitrogen and oxygen atoms in total. The molecule has 82 valence electrons. The third-order valence-electron chi connectivity index (χ3n) is 3.16. The van der Waals surface area contributed by atoms with Crippen LogP contribution < -0.4 is 0 Å². The lowest BCUT2D eigenvalue weighted by Crippen LogP contribution is -2.19. The minimum absolute atomic E-state index is 0.0470. The van der Waals surface area contributed by atoms with Crippen LogP contribution in [0.5, 0.6) is 0 Å². The van der Waals surface area contributed by atoms with Crippen molar-refractivity contribution in [2.24, 2.45) is 0 Å². The monoisotopic (exact) mass is 207 g/mol. The van der Waals surface area contributed by atoms with E-state index in [0.717, 1.165) is 18.5 Å². The molecule has 0 unspecified atom stereocenters. The van der Waals surface area contributed by atoms with E-state index in [2.05, 4.69) is 11.0 Å². The lowest BCUT2D eigenvalue weighted by atomic mass is 10.0. The summed E-state index contributed by atoms with van der Waals surface area (Å²) in [7, 11) is 0. The molecule has 0 spiro atoms. The molecule has 1 aromatic rings. The van der Waals surface area contributed by atoms with E-state index in [-0.39, 0.29) is 5.82 Å². The van der Waals surface area contributed by atoms with Gasteiger partial charge >= 0.3 is 0 Å². The van der Waals surface area contributed by atoms with E-state index in [1.165, 1.54) is 31.5 Å². The van der Waals surface area contributed by atoms with Crippen LogP contribution in [0.3, 0.4) is 0 Å². The maximum atomic E-state index is 13.5. The fraction of sp³-hybridized carbons (Fsp3) is 0.538. The van der Waals surface area contributed by atoms with Gasteiger partial charge in [0.15, 0.2) is 0 Å². The van der Waals surface area contributed by atoms with E-state index in [9.17, 15) is 4.39 Å². The second-order valence-corrected chi connectivity index (χ2v) is 4.21. The molecule has 2 heteroatoms. The van der Waals surface area contributed by atoms with Crippen molar-refractivity contribution in [2.45, 2.75) is 32.7 Å². The van der Waals surface area contributed by atoms with Crippen molar-refractivity contribution in [2.75, 3.05) is 13.1 Å². The molecule has 1 saturated heterocycles. The van der Waals surface area contributed by atoms with Gasteiger partial charge < -0.3 is 0 Å². The zero-order chi connectivity index (χ0) is 10.7. The van der Waals surface area contributed by atoms with Gasteiger partial charge in [-0.2, -0.15) is 0 Å². The molecule has 0 bridgehead atoms. The van der Waals surface area contributed by atoms with Crippen molar-refractivity contribution in [3.8, 4) is 0 Å². The van der Waals surface area contributed by atoms with E-state index < -0.39 is 0 Å². The molecule has 0 N–H and O–H groups in total. The maximum absolute atomic E-state index is 13.5. The Morgan fingerprint density at radius 3 is 2.67 bits per heavy atom. The van der Waals surface area contributed by atoms with Gasteiger partial charge in [-0.15, -0.1) is 0 Å². The third kappa shape index (κ3) is 2.37. The molecule has 1 aromatic carbocycles. The van der Waals surface area contributed by atoms with Crippen molar-refractivity contribution in [3.63, 3.8) is 0 Å². The van der Waals surface area contributed by atoms with Gasteiger partial charge in [-0.05, 0) is 49.5 Å². The van der Waals surface area contributed by atoms with E-state index in [0.29, 0.717) is 0 Å². The number of benzene rings is 1. The van der Waals surface area contributed by atoms with Crippen molar-refractivity contribution >= 4 is 0 Å². The molecule has 0 aromatic heterocycles. The van der Waals surface area contributed by atoms with Crippen LogP contribution in [-0.4, -0.2) is 18.0 Å². The van der Waals surface area contributed by atoms with E-state index in [4.69, 9.17) is 0 Å². The summed E-state index contributed by atoms with van der Waals surface area (Å²) in [5.74, 6) is -0.0470. The Kier molecular flexibility index (Phi) is 3.37. The third-order valence-corrected chi connectivity index (χ3v) is 3.16. The predicted molar refractivity (Wildman–Crippen MR) is 60.3 cm³/mol. The number of likely N-dealkylation sites (tertiary alicyclic amines) is 1. The van der Waals surface area contributed by atoms with Crippen LogP contribution in [0.15, 0.2) is 18.2 Å².